The fraction of sp³-hybridized carbons (Fsp3) is 0.300. The van der Waals surface area contributed by atoms with Gasteiger partial charge in [0.25, 0.3) is 11.8 Å². The number of methoxy groups -OCH3 is 2. The van der Waals surface area contributed by atoms with E-state index in [1.165, 1.54) is 14.2 Å². The number of benzene rings is 2. The zero-order valence-corrected chi connectivity index (χ0v) is 15.7. The fourth-order valence-electron chi connectivity index (χ4n) is 2.31. The summed E-state index contributed by atoms with van der Waals surface area (Å²) in [5.74, 6) is 0.520. The Morgan fingerprint density at radius 1 is 0.885 bits per heavy atom. The quantitative estimate of drug-likeness (QED) is 0.860. The van der Waals surface area contributed by atoms with Crippen molar-refractivity contribution in [2.75, 3.05) is 19.5 Å². The van der Waals surface area contributed by atoms with Gasteiger partial charge in [-0.1, -0.05) is 0 Å². The molecule has 0 saturated carbocycles. The molecule has 0 bridgehead atoms. The molecule has 6 heteroatoms. The largest absolute Gasteiger partial charge is 0.497 e. The van der Waals surface area contributed by atoms with Crippen molar-refractivity contribution in [2.24, 2.45) is 0 Å². The van der Waals surface area contributed by atoms with Crippen molar-refractivity contribution < 1.29 is 19.1 Å². The molecule has 6 nitrogen and oxygen atoms in total. The lowest BCUT2D eigenvalue weighted by Crippen LogP contribution is -2.40. The van der Waals surface area contributed by atoms with E-state index in [4.69, 9.17) is 9.47 Å². The molecule has 0 heterocycles. The van der Waals surface area contributed by atoms with Gasteiger partial charge in [-0.2, -0.15) is 0 Å². The maximum Gasteiger partial charge on any atom is 0.259 e. The standard InChI is InChI=1S/C20H24N2O4/c1-20(2,3)22-18(23)13-6-8-14(9-7-13)21-19(24)16-12-15(25-4)10-11-17(16)26-5/h6-12H,1-5H3,(H,21,24)(H,22,23). The van der Waals surface area contributed by atoms with Crippen LogP contribution in [0.3, 0.4) is 0 Å². The van der Waals surface area contributed by atoms with E-state index in [1.807, 2.05) is 20.8 Å². The highest BCUT2D eigenvalue weighted by Gasteiger charge is 2.16. The Hall–Kier alpha value is -3.02. The molecule has 2 rings (SSSR count). The molecule has 0 atom stereocenters. The van der Waals surface area contributed by atoms with Crippen molar-refractivity contribution in [2.45, 2.75) is 26.3 Å². The first-order valence-corrected chi connectivity index (χ1v) is 8.19. The maximum atomic E-state index is 12.5. The highest BCUT2D eigenvalue weighted by Crippen LogP contribution is 2.25. The minimum atomic E-state index is -0.326. The number of amides is 2. The van der Waals surface area contributed by atoms with Crippen molar-refractivity contribution in [1.29, 1.82) is 0 Å². The molecule has 0 radical (unpaired) electrons. The second-order valence-electron chi connectivity index (χ2n) is 6.80. The summed E-state index contributed by atoms with van der Waals surface area (Å²) in [5, 5.41) is 5.68. The highest BCUT2D eigenvalue weighted by molar-refractivity contribution is 6.06. The van der Waals surface area contributed by atoms with E-state index in [-0.39, 0.29) is 17.4 Å². The summed E-state index contributed by atoms with van der Waals surface area (Å²) in [6.07, 6.45) is 0. The normalized spacial score (nSPS) is 10.8. The third-order valence-corrected chi connectivity index (χ3v) is 3.54. The molecule has 0 aliphatic heterocycles. The molecule has 2 amide bonds. The Morgan fingerprint density at radius 3 is 2.08 bits per heavy atom. The van der Waals surface area contributed by atoms with E-state index < -0.39 is 0 Å². The third-order valence-electron chi connectivity index (χ3n) is 3.54. The number of rotatable bonds is 5. The molecule has 0 aromatic heterocycles. The van der Waals surface area contributed by atoms with Gasteiger partial charge in [0, 0.05) is 16.8 Å². The maximum absolute atomic E-state index is 12.5. The molecule has 0 spiro atoms. The van der Waals surface area contributed by atoms with E-state index in [0.29, 0.717) is 28.3 Å². The van der Waals surface area contributed by atoms with Crippen molar-refractivity contribution in [3.05, 3.63) is 53.6 Å². The summed E-state index contributed by atoms with van der Waals surface area (Å²) in [6.45, 7) is 5.75. The average Bonchev–Trinajstić information content (AvgIpc) is 2.60. The Bertz CT molecular complexity index is 792. The Kier molecular flexibility index (Phi) is 5.87. The Morgan fingerprint density at radius 2 is 1.54 bits per heavy atom. The number of anilines is 1. The van der Waals surface area contributed by atoms with Crippen molar-refractivity contribution >= 4 is 17.5 Å². The number of carbonyl (C=O) groups excluding carboxylic acids is 2. The molecule has 0 fully saturated rings. The minimum Gasteiger partial charge on any atom is -0.497 e. The summed E-state index contributed by atoms with van der Waals surface area (Å²) < 4.78 is 10.4. The predicted octanol–water partition coefficient (Wildman–Crippen LogP) is 3.48. The lowest BCUT2D eigenvalue weighted by Gasteiger charge is -2.20. The van der Waals surface area contributed by atoms with Gasteiger partial charge in [0.15, 0.2) is 0 Å². The van der Waals surface area contributed by atoms with Gasteiger partial charge in [0.1, 0.15) is 11.5 Å². The molecule has 2 N–H and O–H groups in total. The molecule has 0 unspecified atom stereocenters. The summed E-state index contributed by atoms with van der Waals surface area (Å²) in [4.78, 5) is 24.7. The van der Waals surface area contributed by atoms with Crippen LogP contribution in [0.25, 0.3) is 0 Å². The van der Waals surface area contributed by atoms with Crippen molar-refractivity contribution in [3.8, 4) is 11.5 Å². The average molecular weight is 356 g/mol. The molecule has 0 aliphatic rings. The van der Waals surface area contributed by atoms with Crippen LogP contribution in [0.2, 0.25) is 0 Å². The van der Waals surface area contributed by atoms with Crippen LogP contribution < -0.4 is 20.1 Å². The fourth-order valence-corrected chi connectivity index (χ4v) is 2.31. The van der Waals surface area contributed by atoms with Gasteiger partial charge >= 0.3 is 0 Å². The molecular formula is C20H24N2O4. The highest BCUT2D eigenvalue weighted by atomic mass is 16.5. The number of hydrogen-bond acceptors (Lipinski definition) is 4. The molecule has 138 valence electrons. The second kappa shape index (κ2) is 7.91. The van der Waals surface area contributed by atoms with Crippen LogP contribution in [0.1, 0.15) is 41.5 Å². The van der Waals surface area contributed by atoms with Crippen LogP contribution >= 0.6 is 0 Å². The molecular weight excluding hydrogens is 332 g/mol. The van der Waals surface area contributed by atoms with Crippen LogP contribution in [0.15, 0.2) is 42.5 Å². The van der Waals surface area contributed by atoms with Crippen LogP contribution in [-0.2, 0) is 0 Å². The zero-order valence-electron chi connectivity index (χ0n) is 15.7. The van der Waals surface area contributed by atoms with Crippen LogP contribution in [-0.4, -0.2) is 31.6 Å². The number of carbonyl (C=O) groups is 2. The topological polar surface area (TPSA) is 76.7 Å². The Balaban J connectivity index is 2.14. The van der Waals surface area contributed by atoms with Crippen LogP contribution in [0, 0.1) is 0 Å². The van der Waals surface area contributed by atoms with Gasteiger partial charge < -0.3 is 20.1 Å². The summed E-state index contributed by atoms with van der Waals surface area (Å²) in [5.41, 5.74) is 1.15. The second-order valence-corrected chi connectivity index (χ2v) is 6.80. The van der Waals surface area contributed by atoms with E-state index in [0.717, 1.165) is 0 Å². The number of ether oxygens (including phenoxy) is 2. The lowest BCUT2D eigenvalue weighted by molar-refractivity contribution is 0.0919. The number of nitrogens with one attached hydrogen (secondary N) is 2. The smallest absolute Gasteiger partial charge is 0.259 e. The lowest BCUT2D eigenvalue weighted by atomic mass is 10.1. The van der Waals surface area contributed by atoms with Gasteiger partial charge in [-0.15, -0.1) is 0 Å². The summed E-state index contributed by atoms with van der Waals surface area (Å²) >= 11 is 0. The monoisotopic (exact) mass is 356 g/mol. The molecule has 0 aliphatic carbocycles. The van der Waals surface area contributed by atoms with E-state index in [9.17, 15) is 9.59 Å². The summed E-state index contributed by atoms with van der Waals surface area (Å²) in [7, 11) is 3.03. The van der Waals surface area contributed by atoms with Gasteiger partial charge in [0.05, 0.1) is 19.8 Å². The van der Waals surface area contributed by atoms with E-state index >= 15 is 0 Å². The first-order valence-electron chi connectivity index (χ1n) is 8.19. The van der Waals surface area contributed by atoms with Crippen molar-refractivity contribution in [1.82, 2.24) is 5.32 Å². The van der Waals surface area contributed by atoms with E-state index in [1.54, 1.807) is 42.5 Å². The number of hydrogen-bond donors (Lipinski definition) is 2. The van der Waals surface area contributed by atoms with Crippen molar-refractivity contribution in [3.63, 3.8) is 0 Å². The first kappa shape index (κ1) is 19.3. The SMILES string of the molecule is COc1ccc(OC)c(C(=O)Nc2ccc(C(=O)NC(C)(C)C)cc2)c1. The molecule has 0 saturated heterocycles. The van der Waals surface area contributed by atoms with Gasteiger partial charge in [0.2, 0.25) is 0 Å². The Labute approximate surface area is 153 Å². The third kappa shape index (κ3) is 4.99. The first-order chi connectivity index (χ1) is 12.2. The minimum absolute atomic E-state index is 0.162. The van der Waals surface area contributed by atoms with Gasteiger partial charge in [-0.25, -0.2) is 0 Å². The van der Waals surface area contributed by atoms with E-state index in [2.05, 4.69) is 10.6 Å². The molecule has 2 aromatic carbocycles. The zero-order chi connectivity index (χ0) is 19.3. The van der Waals surface area contributed by atoms with Gasteiger partial charge in [-0.05, 0) is 63.2 Å². The predicted molar refractivity (Wildman–Crippen MR) is 101 cm³/mol. The van der Waals surface area contributed by atoms with Crippen LogP contribution in [0.4, 0.5) is 5.69 Å². The van der Waals surface area contributed by atoms with Gasteiger partial charge in [-0.3, -0.25) is 9.59 Å². The van der Waals surface area contributed by atoms with Crippen LogP contribution in [0.5, 0.6) is 11.5 Å². The molecule has 2 aromatic rings. The summed E-state index contributed by atoms with van der Waals surface area (Å²) in [6, 6.07) is 11.7. The molecule has 26 heavy (non-hydrogen) atoms.